The van der Waals surface area contributed by atoms with Crippen molar-refractivity contribution in [2.24, 2.45) is 11.5 Å². The summed E-state index contributed by atoms with van der Waals surface area (Å²) in [6, 6.07) is 15.6. The van der Waals surface area contributed by atoms with Crippen molar-refractivity contribution in [1.82, 2.24) is 5.32 Å². The Morgan fingerprint density at radius 1 is 1.03 bits per heavy atom. The molecule has 0 saturated heterocycles. The number of hydrogen-bond donors (Lipinski definition) is 4. The molecule has 204 valence electrons. The lowest BCUT2D eigenvalue weighted by molar-refractivity contribution is -0.354. The molecule has 12 heteroatoms. The minimum absolute atomic E-state index is 0.0834. The molecule has 0 aliphatic rings. The van der Waals surface area contributed by atoms with Crippen LogP contribution in [0.15, 0.2) is 65.6 Å². The predicted octanol–water partition coefficient (Wildman–Crippen LogP) is 1.54. The summed E-state index contributed by atoms with van der Waals surface area (Å²) < 4.78 is 41.6. The van der Waals surface area contributed by atoms with Crippen LogP contribution in [0.5, 0.6) is 5.75 Å². The second kappa shape index (κ2) is 12.4. The van der Waals surface area contributed by atoms with Gasteiger partial charge in [-0.25, -0.2) is 23.0 Å². The van der Waals surface area contributed by atoms with Gasteiger partial charge in [0.05, 0.1) is 4.90 Å². The summed E-state index contributed by atoms with van der Waals surface area (Å²) in [4.78, 5) is 26.7. The maximum absolute atomic E-state index is 12.2. The molecule has 0 heterocycles. The zero-order chi connectivity index (χ0) is 28.7. The van der Waals surface area contributed by atoms with Crippen LogP contribution < -0.4 is 26.5 Å². The molecule has 0 radical (unpaired) electrons. The lowest BCUT2D eigenvalue weighted by Gasteiger charge is -2.21. The Labute approximate surface area is 221 Å². The van der Waals surface area contributed by atoms with Gasteiger partial charge in [-0.15, -0.1) is 0 Å². The highest BCUT2D eigenvalue weighted by Gasteiger charge is 2.22. The van der Waals surface area contributed by atoms with Crippen molar-refractivity contribution in [2.45, 2.75) is 51.2 Å². The predicted molar refractivity (Wildman–Crippen MR) is 142 cm³/mol. The van der Waals surface area contributed by atoms with Crippen molar-refractivity contribution in [2.75, 3.05) is 0 Å². The van der Waals surface area contributed by atoms with Crippen LogP contribution in [0.3, 0.4) is 0 Å². The molecular weight excluding hydrogens is 512 g/mol. The zero-order valence-corrected chi connectivity index (χ0v) is 22.6. The minimum atomic E-state index is -4.27. The molecule has 38 heavy (non-hydrogen) atoms. The molecule has 6 N–H and O–H groups in total. The van der Waals surface area contributed by atoms with Gasteiger partial charge in [-0.3, -0.25) is 11.5 Å². The fraction of sp³-hybridized carbons (Fsp3) is 0.269. The third kappa shape index (κ3) is 9.71. The Hall–Kier alpha value is -4.16. The van der Waals surface area contributed by atoms with E-state index in [-0.39, 0.29) is 10.9 Å². The highest BCUT2D eigenvalue weighted by molar-refractivity contribution is 7.85. The molecule has 0 aliphatic carbocycles. The smallest absolute Gasteiger partial charge is 0.408 e. The van der Waals surface area contributed by atoms with E-state index < -0.39 is 33.8 Å². The van der Waals surface area contributed by atoms with Crippen LogP contribution in [0, 0.1) is 6.92 Å². The van der Waals surface area contributed by atoms with E-state index in [1.54, 1.807) is 51.1 Å². The second-order valence-corrected chi connectivity index (χ2v) is 10.7. The topological polar surface area (TPSA) is 188 Å². The number of amides is 1. The quantitative estimate of drug-likeness (QED) is 0.121. The molecule has 1 atom stereocenters. The van der Waals surface area contributed by atoms with E-state index in [1.165, 1.54) is 19.1 Å². The molecule has 11 nitrogen and oxygen atoms in total. The van der Waals surface area contributed by atoms with E-state index in [9.17, 15) is 22.6 Å². The monoisotopic (exact) mass is 544 g/mol. The summed E-state index contributed by atoms with van der Waals surface area (Å²) in [6.45, 7) is 8.56. The zero-order valence-electron chi connectivity index (χ0n) is 21.8. The van der Waals surface area contributed by atoms with Gasteiger partial charge in [0.2, 0.25) is 0 Å². The normalized spacial score (nSPS) is 11.9. The molecule has 0 saturated carbocycles. The molecule has 0 fully saturated rings. The molecule has 0 spiro atoms. The van der Waals surface area contributed by atoms with E-state index >= 15 is 0 Å². The number of carbonyl (C=O) groups excluding carboxylic acids is 2. The van der Waals surface area contributed by atoms with Crippen LogP contribution >= 0.6 is 0 Å². The minimum Gasteiger partial charge on any atom is -0.744 e. The number of esters is 1. The molecule has 0 aliphatic heterocycles. The number of rotatable bonds is 5. The number of guanidine groups is 1. The molecule has 3 rings (SSSR count). The maximum Gasteiger partial charge on any atom is 0.408 e. The average molecular weight is 545 g/mol. The Bertz CT molecular complexity index is 1430. The van der Waals surface area contributed by atoms with Gasteiger partial charge in [-0.2, -0.15) is 0 Å². The van der Waals surface area contributed by atoms with Crippen LogP contribution in [0.4, 0.5) is 10.5 Å². The van der Waals surface area contributed by atoms with Crippen LogP contribution in [0.25, 0.3) is 10.8 Å². The second-order valence-electron chi connectivity index (χ2n) is 9.33. The Morgan fingerprint density at radius 2 is 1.66 bits per heavy atom. The number of hydrogen-bond acceptors (Lipinski definition) is 7. The van der Waals surface area contributed by atoms with Crippen molar-refractivity contribution in [1.29, 1.82) is 0 Å². The van der Waals surface area contributed by atoms with Crippen molar-refractivity contribution in [3.63, 3.8) is 0 Å². The number of fused-ring (bicyclic) bond motifs is 1. The first kappa shape index (κ1) is 30.1. The van der Waals surface area contributed by atoms with Crippen LogP contribution in [-0.2, 0) is 19.6 Å². The van der Waals surface area contributed by atoms with Crippen LogP contribution in [0.2, 0.25) is 0 Å². The maximum atomic E-state index is 12.2. The summed E-state index contributed by atoms with van der Waals surface area (Å²) in [5.74, 6) is -0.166. The van der Waals surface area contributed by atoms with Gasteiger partial charge in [0, 0.05) is 5.39 Å². The summed E-state index contributed by atoms with van der Waals surface area (Å²) in [5, 5.41) is 4.15. The first-order valence-electron chi connectivity index (χ1n) is 11.5. The first-order valence-corrected chi connectivity index (χ1v) is 12.9. The van der Waals surface area contributed by atoms with E-state index in [2.05, 4.69) is 10.3 Å². The summed E-state index contributed by atoms with van der Waals surface area (Å²) in [6.07, 6.45) is -0.684. The van der Waals surface area contributed by atoms with E-state index in [1.807, 2.05) is 25.1 Å². The van der Waals surface area contributed by atoms with Crippen molar-refractivity contribution in [3.05, 3.63) is 66.2 Å². The van der Waals surface area contributed by atoms with E-state index in [0.717, 1.165) is 22.0 Å². The highest BCUT2D eigenvalue weighted by Crippen LogP contribution is 2.24. The Kier molecular flexibility index (Phi) is 9.80. The molecule has 3 aromatic carbocycles. The van der Waals surface area contributed by atoms with Gasteiger partial charge in [-0.05, 0) is 76.4 Å². The van der Waals surface area contributed by atoms with E-state index in [4.69, 9.17) is 20.9 Å². The number of ether oxygens (including phenoxy) is 2. The summed E-state index contributed by atoms with van der Waals surface area (Å²) in [5.41, 5.74) is 12.0. The van der Waals surface area contributed by atoms with E-state index in [0.29, 0.717) is 5.75 Å². The van der Waals surface area contributed by atoms with Gasteiger partial charge < -0.3 is 19.3 Å². The molecule has 0 bridgehead atoms. The Balaban J connectivity index is 0.000000384. The average Bonchev–Trinajstić information content (AvgIpc) is 2.77. The molecule has 0 aromatic heterocycles. The van der Waals surface area contributed by atoms with Gasteiger partial charge in [-0.1, -0.05) is 29.8 Å². The third-order valence-corrected chi connectivity index (χ3v) is 5.60. The number of aryl methyl sites for hydroxylation is 1. The fourth-order valence-corrected chi connectivity index (χ4v) is 3.51. The van der Waals surface area contributed by atoms with Gasteiger partial charge in [0.25, 0.3) is 0 Å². The largest absolute Gasteiger partial charge is 0.744 e. The summed E-state index contributed by atoms with van der Waals surface area (Å²) in [7, 11) is -4.27. The molecule has 3 aromatic rings. The highest BCUT2D eigenvalue weighted by atomic mass is 32.2. The molecular formula is C26H32N4O7S. The summed E-state index contributed by atoms with van der Waals surface area (Å²) >= 11 is 0. The van der Waals surface area contributed by atoms with Crippen molar-refractivity contribution >= 4 is 44.6 Å². The van der Waals surface area contributed by atoms with Gasteiger partial charge in [0.15, 0.2) is 0 Å². The Morgan fingerprint density at radius 3 is 2.21 bits per heavy atom. The first-order chi connectivity index (χ1) is 17.5. The number of nitrogens with two attached hydrogens (primary N) is 2. The SMILES string of the molecule is C[C@H](NC(=O)OC(C)(C)C)C(=O)Oc1ccc2c([NH+]=C(N)N)cccc2c1.Cc1ccc(S(=O)(=O)[O-])cc1. The van der Waals surface area contributed by atoms with Crippen molar-refractivity contribution in [3.8, 4) is 5.75 Å². The lowest BCUT2D eigenvalue weighted by Crippen LogP contribution is -2.72. The van der Waals surface area contributed by atoms with Gasteiger partial charge in [0.1, 0.15) is 33.2 Å². The number of alkyl carbamates (subject to hydrolysis) is 1. The van der Waals surface area contributed by atoms with Crippen LogP contribution in [-0.4, -0.2) is 42.6 Å². The number of carbonyl (C=O) groups is 2. The van der Waals surface area contributed by atoms with Crippen LogP contribution in [0.1, 0.15) is 33.3 Å². The third-order valence-electron chi connectivity index (χ3n) is 4.75. The number of benzene rings is 3. The van der Waals surface area contributed by atoms with Crippen molar-refractivity contribution < 1.29 is 37.0 Å². The van der Waals surface area contributed by atoms with Gasteiger partial charge >= 0.3 is 18.0 Å². The lowest BCUT2D eigenvalue weighted by atomic mass is 10.1. The molecule has 1 amide bonds. The molecule has 0 unspecified atom stereocenters. The standard InChI is InChI=1S/C19H24N4O4.C7H8O3S/c1-11(22-18(25)27-19(2,3)4)16(24)26-13-8-9-14-12(10-13)6-5-7-15(14)23-17(20)21;1-6-2-4-7(5-3-6)11(8,9)10/h5-11H,1-4H3,(H,22,25)(H4,20,21,23);2-5H,1H3,(H,8,9,10)/t11-;/m0./s1. The number of nitrogens with one attached hydrogen (secondary N) is 2. The fourth-order valence-electron chi connectivity index (χ4n) is 3.04.